The molecule has 2 aromatic rings. The molecule has 0 atom stereocenters. The van der Waals surface area contributed by atoms with E-state index in [4.69, 9.17) is 4.74 Å². The molecule has 0 spiro atoms. The Bertz CT molecular complexity index is 487. The highest BCUT2D eigenvalue weighted by atomic mass is 79.9. The number of hydrogen-bond acceptors (Lipinski definition) is 4. The minimum Gasteiger partial charge on any atom is -0.496 e. The standard InChI is InChI=1S/C10H7BrO2S2/c1-13-6-4-8(14-5-6)10(12)7-2-3-9(11)15-7/h2-5H,1H3. The summed E-state index contributed by atoms with van der Waals surface area (Å²) in [5, 5.41) is 1.83. The van der Waals surface area contributed by atoms with Gasteiger partial charge < -0.3 is 4.74 Å². The van der Waals surface area contributed by atoms with Crippen molar-refractivity contribution in [2.45, 2.75) is 0 Å². The van der Waals surface area contributed by atoms with Crippen LogP contribution in [-0.4, -0.2) is 12.9 Å². The summed E-state index contributed by atoms with van der Waals surface area (Å²) in [5.41, 5.74) is 0. The molecule has 0 radical (unpaired) electrons. The van der Waals surface area contributed by atoms with E-state index in [9.17, 15) is 4.79 Å². The van der Waals surface area contributed by atoms with E-state index >= 15 is 0 Å². The molecule has 2 heterocycles. The van der Waals surface area contributed by atoms with Crippen LogP contribution < -0.4 is 4.74 Å². The molecule has 0 aliphatic heterocycles. The molecule has 0 N–H and O–H groups in total. The second kappa shape index (κ2) is 4.47. The van der Waals surface area contributed by atoms with E-state index in [0.717, 1.165) is 14.4 Å². The largest absolute Gasteiger partial charge is 0.496 e. The topological polar surface area (TPSA) is 26.3 Å². The molecule has 78 valence electrons. The molecule has 2 rings (SSSR count). The third kappa shape index (κ3) is 2.30. The highest BCUT2D eigenvalue weighted by Crippen LogP contribution is 2.28. The van der Waals surface area contributed by atoms with Gasteiger partial charge in [0.05, 0.1) is 20.7 Å². The molecule has 2 nitrogen and oxygen atoms in total. The van der Waals surface area contributed by atoms with Gasteiger partial charge in [-0.3, -0.25) is 4.79 Å². The van der Waals surface area contributed by atoms with Gasteiger partial charge >= 0.3 is 0 Å². The second-order valence-corrected chi connectivity index (χ2v) is 6.16. The molecule has 0 unspecified atom stereocenters. The predicted octanol–water partition coefficient (Wildman–Crippen LogP) is 3.81. The van der Waals surface area contributed by atoms with E-state index in [1.807, 2.05) is 17.5 Å². The van der Waals surface area contributed by atoms with Crippen molar-refractivity contribution in [3.63, 3.8) is 0 Å². The Morgan fingerprint density at radius 1 is 1.40 bits per heavy atom. The van der Waals surface area contributed by atoms with Gasteiger partial charge in [0.2, 0.25) is 5.78 Å². The molecule has 0 aliphatic rings. The van der Waals surface area contributed by atoms with E-state index in [1.54, 1.807) is 13.2 Å². The Balaban J connectivity index is 2.28. The summed E-state index contributed by atoms with van der Waals surface area (Å²) in [4.78, 5) is 13.4. The Labute approximate surface area is 104 Å². The summed E-state index contributed by atoms with van der Waals surface area (Å²) in [6.45, 7) is 0. The van der Waals surface area contributed by atoms with Crippen LogP contribution >= 0.6 is 38.6 Å². The Kier molecular flexibility index (Phi) is 3.23. The fourth-order valence-corrected chi connectivity index (χ4v) is 3.32. The quantitative estimate of drug-likeness (QED) is 0.806. The number of rotatable bonds is 3. The molecular formula is C10H7BrO2S2. The number of methoxy groups -OCH3 is 1. The Morgan fingerprint density at radius 2 is 2.20 bits per heavy atom. The van der Waals surface area contributed by atoms with E-state index in [-0.39, 0.29) is 5.78 Å². The minimum absolute atomic E-state index is 0.0546. The highest BCUT2D eigenvalue weighted by Gasteiger charge is 2.13. The fraction of sp³-hybridized carbons (Fsp3) is 0.100. The third-order valence-electron chi connectivity index (χ3n) is 1.83. The maximum absolute atomic E-state index is 11.9. The molecule has 0 fully saturated rings. The number of ketones is 1. The van der Waals surface area contributed by atoms with Gasteiger partial charge in [0.25, 0.3) is 0 Å². The lowest BCUT2D eigenvalue weighted by molar-refractivity contribution is 0.104. The first-order valence-electron chi connectivity index (χ1n) is 4.13. The van der Waals surface area contributed by atoms with Crippen molar-refractivity contribution in [3.8, 4) is 5.75 Å². The van der Waals surface area contributed by atoms with Crippen LogP contribution in [0.3, 0.4) is 0 Å². The number of ether oxygens (including phenoxy) is 1. The molecular weight excluding hydrogens is 296 g/mol. The van der Waals surface area contributed by atoms with Crippen LogP contribution in [0.2, 0.25) is 0 Å². The smallest absolute Gasteiger partial charge is 0.213 e. The first-order chi connectivity index (χ1) is 7.20. The van der Waals surface area contributed by atoms with E-state index in [1.165, 1.54) is 22.7 Å². The van der Waals surface area contributed by atoms with Gasteiger partial charge in [0.1, 0.15) is 5.75 Å². The van der Waals surface area contributed by atoms with E-state index in [0.29, 0.717) is 4.88 Å². The average molecular weight is 303 g/mol. The van der Waals surface area contributed by atoms with Crippen molar-refractivity contribution < 1.29 is 9.53 Å². The van der Waals surface area contributed by atoms with Gasteiger partial charge in [0.15, 0.2) is 0 Å². The molecule has 0 bridgehead atoms. The first-order valence-corrected chi connectivity index (χ1v) is 6.62. The zero-order chi connectivity index (χ0) is 10.8. The van der Waals surface area contributed by atoms with E-state index in [2.05, 4.69) is 15.9 Å². The molecule has 15 heavy (non-hydrogen) atoms. The summed E-state index contributed by atoms with van der Waals surface area (Å²) < 4.78 is 6.01. The van der Waals surface area contributed by atoms with Gasteiger partial charge in [-0.2, -0.15) is 0 Å². The number of hydrogen-bond donors (Lipinski definition) is 0. The summed E-state index contributed by atoms with van der Waals surface area (Å²) in [5.74, 6) is 0.790. The van der Waals surface area contributed by atoms with Crippen LogP contribution in [-0.2, 0) is 0 Å². The summed E-state index contributed by atoms with van der Waals surface area (Å²) >= 11 is 6.18. The van der Waals surface area contributed by atoms with Crippen LogP contribution in [0.15, 0.2) is 27.4 Å². The molecule has 0 saturated heterocycles. The van der Waals surface area contributed by atoms with Crippen molar-refractivity contribution in [2.75, 3.05) is 7.11 Å². The molecule has 0 aliphatic carbocycles. The van der Waals surface area contributed by atoms with Crippen molar-refractivity contribution in [1.82, 2.24) is 0 Å². The predicted molar refractivity (Wildman–Crippen MR) is 66.3 cm³/mol. The van der Waals surface area contributed by atoms with Crippen molar-refractivity contribution in [2.24, 2.45) is 0 Å². The van der Waals surface area contributed by atoms with Crippen LogP contribution in [0.4, 0.5) is 0 Å². The number of carbonyl (C=O) groups is 1. The molecule has 2 aromatic heterocycles. The third-order valence-corrected chi connectivity index (χ3v) is 4.36. The zero-order valence-corrected chi connectivity index (χ0v) is 11.0. The van der Waals surface area contributed by atoms with Crippen molar-refractivity contribution in [3.05, 3.63) is 37.1 Å². The lowest BCUT2D eigenvalue weighted by Crippen LogP contribution is -1.94. The fourth-order valence-electron chi connectivity index (χ4n) is 1.10. The lowest BCUT2D eigenvalue weighted by Gasteiger charge is -1.92. The van der Waals surface area contributed by atoms with E-state index < -0.39 is 0 Å². The highest BCUT2D eigenvalue weighted by molar-refractivity contribution is 9.11. The molecule has 0 amide bonds. The average Bonchev–Trinajstić information content (AvgIpc) is 2.84. The molecule has 5 heteroatoms. The zero-order valence-electron chi connectivity index (χ0n) is 7.82. The first kappa shape index (κ1) is 10.9. The van der Waals surface area contributed by atoms with Crippen molar-refractivity contribution in [1.29, 1.82) is 0 Å². The summed E-state index contributed by atoms with van der Waals surface area (Å²) in [6.07, 6.45) is 0. The van der Waals surface area contributed by atoms with Gasteiger partial charge in [-0.05, 0) is 28.1 Å². The van der Waals surface area contributed by atoms with Gasteiger partial charge in [-0.1, -0.05) is 0 Å². The lowest BCUT2D eigenvalue weighted by atomic mass is 10.3. The number of thiophene rings is 2. The van der Waals surface area contributed by atoms with Crippen LogP contribution in [0, 0.1) is 0 Å². The van der Waals surface area contributed by atoms with Gasteiger partial charge in [-0.15, -0.1) is 22.7 Å². The minimum atomic E-state index is 0.0546. The number of halogens is 1. The second-order valence-electron chi connectivity index (χ2n) is 2.78. The van der Waals surface area contributed by atoms with Gasteiger partial charge in [-0.25, -0.2) is 0 Å². The summed E-state index contributed by atoms with van der Waals surface area (Å²) in [7, 11) is 1.60. The van der Waals surface area contributed by atoms with Crippen LogP contribution in [0.5, 0.6) is 5.75 Å². The monoisotopic (exact) mass is 302 g/mol. The van der Waals surface area contributed by atoms with Crippen LogP contribution in [0.1, 0.15) is 14.5 Å². The maximum Gasteiger partial charge on any atom is 0.213 e. The number of carbonyl (C=O) groups excluding carboxylic acids is 1. The Hall–Kier alpha value is -0.650. The van der Waals surface area contributed by atoms with Crippen molar-refractivity contribution >= 4 is 44.4 Å². The normalized spacial score (nSPS) is 10.3. The Morgan fingerprint density at radius 3 is 2.73 bits per heavy atom. The van der Waals surface area contributed by atoms with Gasteiger partial charge in [0, 0.05) is 11.4 Å². The molecule has 0 aromatic carbocycles. The molecule has 0 saturated carbocycles. The summed E-state index contributed by atoms with van der Waals surface area (Å²) in [6, 6.07) is 5.46. The maximum atomic E-state index is 11.9. The van der Waals surface area contributed by atoms with Crippen LogP contribution in [0.25, 0.3) is 0 Å². The SMILES string of the molecule is COc1csc(C(=O)c2ccc(Br)s2)c1.